The highest BCUT2D eigenvalue weighted by Gasteiger charge is 2.64. The number of ether oxygens (including phenoxy) is 3. The molecule has 0 radical (unpaired) electrons. The Labute approximate surface area is 204 Å². The Morgan fingerprint density at radius 2 is 1.84 bits per heavy atom. The summed E-state index contributed by atoms with van der Waals surface area (Å²) in [6, 6.07) is 0.906. The molecule has 2 aliphatic heterocycles. The molecule has 0 amide bonds. The van der Waals surface area contributed by atoms with Crippen molar-refractivity contribution in [3.05, 3.63) is 49.8 Å². The van der Waals surface area contributed by atoms with E-state index in [1.807, 2.05) is 4.98 Å². The molecule has 18 heteroatoms. The molecule has 0 bridgehead atoms. The normalized spacial score (nSPS) is 33.9. The van der Waals surface area contributed by atoms with E-state index in [9.17, 15) is 39.9 Å². The highest BCUT2D eigenvalue weighted by molar-refractivity contribution is 5.70. The lowest BCUT2D eigenvalue weighted by molar-refractivity contribution is -0.433. The number of H-pyrrole nitrogens is 2. The van der Waals surface area contributed by atoms with Gasteiger partial charge in [0.15, 0.2) is 17.3 Å². The van der Waals surface area contributed by atoms with E-state index in [2.05, 4.69) is 15.0 Å². The monoisotopic (exact) mass is 525 g/mol. The highest BCUT2D eigenvalue weighted by Crippen LogP contribution is 2.46. The van der Waals surface area contributed by atoms with Gasteiger partial charge >= 0.3 is 5.69 Å². The standard InChI is InChI=1S/C19H23N7O11/c20-16-23-14-11(15(33)24-16)21-6-26(14)18(3-7(29)8(4-27)35-18)37-19(13(32)12(31)9(5-28)36-19)25-2-1-10(30)22-17(25)34/h1-2,6-9,12-13,27-29,31-32H,3-5H2,(H,22,30,34)(H3,20,23,24,33)/t7-,8+,9+,12+,13+,18-,19-/m0/s1. The number of nitrogens with two attached hydrogens (primary N) is 1. The van der Waals surface area contributed by atoms with E-state index in [-0.39, 0.29) is 17.1 Å². The summed E-state index contributed by atoms with van der Waals surface area (Å²) in [5, 5.41) is 51.7. The number of aliphatic hydroxyl groups is 5. The summed E-state index contributed by atoms with van der Waals surface area (Å²) in [4.78, 5) is 49.1. The topological polar surface area (TPSA) is 273 Å². The van der Waals surface area contributed by atoms with Crippen LogP contribution < -0.4 is 22.5 Å². The summed E-state index contributed by atoms with van der Waals surface area (Å²) >= 11 is 0. The molecule has 7 atom stereocenters. The van der Waals surface area contributed by atoms with Gasteiger partial charge in [-0.1, -0.05) is 0 Å². The smallest absolute Gasteiger partial charge is 0.332 e. The second-order valence-corrected chi connectivity index (χ2v) is 8.55. The fourth-order valence-corrected chi connectivity index (χ4v) is 4.51. The maximum absolute atomic E-state index is 12.8. The Morgan fingerprint density at radius 3 is 2.46 bits per heavy atom. The largest absolute Gasteiger partial charge is 0.394 e. The van der Waals surface area contributed by atoms with E-state index in [1.54, 1.807) is 0 Å². The van der Waals surface area contributed by atoms with Gasteiger partial charge in [-0.15, -0.1) is 0 Å². The molecule has 200 valence electrons. The molecule has 18 nitrogen and oxygen atoms in total. The van der Waals surface area contributed by atoms with Gasteiger partial charge in [0.25, 0.3) is 22.9 Å². The molecule has 0 unspecified atom stereocenters. The van der Waals surface area contributed by atoms with Crippen LogP contribution in [-0.2, 0) is 26.0 Å². The number of nitrogens with zero attached hydrogens (tertiary/aromatic N) is 4. The molecule has 0 saturated carbocycles. The Bertz CT molecular complexity index is 1500. The summed E-state index contributed by atoms with van der Waals surface area (Å²) in [6.07, 6.45) is -6.61. The lowest BCUT2D eigenvalue weighted by Crippen LogP contribution is -2.58. The van der Waals surface area contributed by atoms with Gasteiger partial charge in [0.05, 0.1) is 25.7 Å². The van der Waals surface area contributed by atoms with Crippen LogP contribution in [0.15, 0.2) is 33.0 Å². The third-order valence-corrected chi connectivity index (χ3v) is 6.25. The molecule has 3 aromatic heterocycles. The Hall–Kier alpha value is -3.49. The van der Waals surface area contributed by atoms with Crippen LogP contribution in [-0.4, -0.2) is 98.3 Å². The van der Waals surface area contributed by atoms with Crippen LogP contribution in [0.3, 0.4) is 0 Å². The zero-order valence-corrected chi connectivity index (χ0v) is 18.8. The summed E-state index contributed by atoms with van der Waals surface area (Å²) in [7, 11) is 0. The van der Waals surface area contributed by atoms with Gasteiger partial charge in [0.2, 0.25) is 5.95 Å². The van der Waals surface area contributed by atoms with E-state index in [4.69, 9.17) is 19.9 Å². The molecule has 2 aliphatic rings. The minimum atomic E-state index is -2.69. The number of anilines is 1. The average molecular weight is 525 g/mol. The first-order valence-electron chi connectivity index (χ1n) is 10.9. The predicted molar refractivity (Wildman–Crippen MR) is 117 cm³/mol. The van der Waals surface area contributed by atoms with E-state index in [0.29, 0.717) is 4.57 Å². The van der Waals surface area contributed by atoms with Gasteiger partial charge in [-0.2, -0.15) is 4.98 Å². The predicted octanol–water partition coefficient (Wildman–Crippen LogP) is -5.26. The van der Waals surface area contributed by atoms with Gasteiger partial charge in [0, 0.05) is 12.3 Å². The van der Waals surface area contributed by atoms with Gasteiger partial charge in [-0.25, -0.2) is 14.3 Å². The van der Waals surface area contributed by atoms with Crippen molar-refractivity contribution in [1.29, 1.82) is 0 Å². The lowest BCUT2D eigenvalue weighted by atomic mass is 10.1. The van der Waals surface area contributed by atoms with Crippen molar-refractivity contribution in [2.75, 3.05) is 18.9 Å². The number of hydrogen-bond donors (Lipinski definition) is 8. The zero-order valence-electron chi connectivity index (χ0n) is 18.8. The summed E-state index contributed by atoms with van der Waals surface area (Å²) in [6.45, 7) is -1.52. The van der Waals surface area contributed by atoms with E-state index >= 15 is 0 Å². The number of imidazole rings is 1. The first-order chi connectivity index (χ1) is 17.5. The van der Waals surface area contributed by atoms with Crippen molar-refractivity contribution < 1.29 is 39.7 Å². The maximum atomic E-state index is 12.8. The summed E-state index contributed by atoms with van der Waals surface area (Å²) < 4.78 is 19.3. The lowest BCUT2D eigenvalue weighted by Gasteiger charge is -2.41. The Morgan fingerprint density at radius 1 is 1.11 bits per heavy atom. The summed E-state index contributed by atoms with van der Waals surface area (Å²) in [5.74, 6) is -5.32. The second-order valence-electron chi connectivity index (χ2n) is 8.55. The average Bonchev–Trinajstić information content (AvgIpc) is 3.48. The number of aliphatic hydroxyl groups excluding tert-OH is 5. The number of nitrogens with one attached hydrogen (secondary N) is 2. The fraction of sp³-hybridized carbons (Fsp3) is 0.526. The fourth-order valence-electron chi connectivity index (χ4n) is 4.51. The van der Waals surface area contributed by atoms with Gasteiger partial charge in [-0.05, 0) is 0 Å². The SMILES string of the molecule is Nc1nc2c(ncn2[C@@]2(O[C@@]3(n4ccc(=O)[nH]c4=O)O[C@H](CO)[C@@H](O)[C@H]3O)C[C@H](O)[C@@H](CO)O2)c(=O)[nH]1. The first-order valence-corrected chi connectivity index (χ1v) is 10.9. The second kappa shape index (κ2) is 8.82. The minimum Gasteiger partial charge on any atom is -0.394 e. The van der Waals surface area contributed by atoms with Crippen molar-refractivity contribution in [2.45, 2.75) is 48.8 Å². The van der Waals surface area contributed by atoms with Crippen LogP contribution >= 0.6 is 0 Å². The molecule has 3 aromatic rings. The van der Waals surface area contributed by atoms with Gasteiger partial charge in [-0.3, -0.25) is 28.9 Å². The van der Waals surface area contributed by atoms with Gasteiger partial charge in [0.1, 0.15) is 24.6 Å². The Balaban J connectivity index is 1.76. The van der Waals surface area contributed by atoms with Crippen LogP contribution in [0.1, 0.15) is 6.42 Å². The molecule has 5 heterocycles. The van der Waals surface area contributed by atoms with Crippen LogP contribution in [0.5, 0.6) is 0 Å². The number of nitrogen functional groups attached to an aromatic ring is 1. The molecule has 0 aromatic carbocycles. The number of fused-ring (bicyclic) bond motifs is 1. The molecular formula is C19H23N7O11. The third kappa shape index (κ3) is 3.78. The van der Waals surface area contributed by atoms with E-state index < -0.39 is 78.8 Å². The van der Waals surface area contributed by atoms with E-state index in [1.165, 1.54) is 0 Å². The molecule has 0 spiro atoms. The molecule has 9 N–H and O–H groups in total. The third-order valence-electron chi connectivity index (χ3n) is 6.25. The minimum absolute atomic E-state index is 0.206. The highest BCUT2D eigenvalue weighted by atomic mass is 16.8. The van der Waals surface area contributed by atoms with Crippen molar-refractivity contribution in [3.8, 4) is 0 Å². The number of rotatable bonds is 6. The van der Waals surface area contributed by atoms with Crippen molar-refractivity contribution in [2.24, 2.45) is 0 Å². The number of aromatic amines is 2. The van der Waals surface area contributed by atoms with Crippen LogP contribution in [0.2, 0.25) is 0 Å². The molecule has 5 rings (SSSR count). The molecular weight excluding hydrogens is 502 g/mol. The van der Waals surface area contributed by atoms with Gasteiger partial charge < -0.3 is 40.7 Å². The van der Waals surface area contributed by atoms with Crippen molar-refractivity contribution in [3.63, 3.8) is 0 Å². The molecule has 2 saturated heterocycles. The van der Waals surface area contributed by atoms with Crippen LogP contribution in [0.25, 0.3) is 11.2 Å². The van der Waals surface area contributed by atoms with Crippen LogP contribution in [0, 0.1) is 0 Å². The van der Waals surface area contributed by atoms with Crippen molar-refractivity contribution in [1.82, 2.24) is 29.1 Å². The molecule has 37 heavy (non-hydrogen) atoms. The van der Waals surface area contributed by atoms with Crippen LogP contribution in [0.4, 0.5) is 5.95 Å². The maximum Gasteiger partial charge on any atom is 0.332 e. The number of hydrogen-bond acceptors (Lipinski definition) is 14. The van der Waals surface area contributed by atoms with E-state index in [0.717, 1.165) is 23.2 Å². The first kappa shape index (κ1) is 25.2. The Kier molecular flexibility index (Phi) is 6.00. The van der Waals surface area contributed by atoms with Crippen molar-refractivity contribution >= 4 is 17.1 Å². The zero-order chi connectivity index (χ0) is 26.7. The molecule has 2 fully saturated rings. The summed E-state index contributed by atoms with van der Waals surface area (Å²) in [5.41, 5.74) is 2.59. The number of aromatic nitrogens is 6. The quantitative estimate of drug-likeness (QED) is 0.149. The molecule has 0 aliphatic carbocycles.